The smallest absolute Gasteiger partial charge is 0.343 e. The molecule has 0 radical (unpaired) electrons. The zero-order valence-corrected chi connectivity index (χ0v) is 19.0. The minimum absolute atomic E-state index is 0.00668. The summed E-state index contributed by atoms with van der Waals surface area (Å²) in [6.45, 7) is 1.37. The van der Waals surface area contributed by atoms with Crippen molar-refractivity contribution in [1.82, 2.24) is 0 Å². The molecule has 190 valence electrons. The first-order valence-electron chi connectivity index (χ1n) is 11.0. The Morgan fingerprint density at radius 2 is 1.72 bits per heavy atom. The highest BCUT2D eigenvalue weighted by atomic mass is 16.7. The summed E-state index contributed by atoms with van der Waals surface area (Å²) in [5.74, 6) is -3.03. The van der Waals surface area contributed by atoms with Crippen LogP contribution in [0.1, 0.15) is 30.4 Å². The van der Waals surface area contributed by atoms with Gasteiger partial charge in [-0.3, -0.25) is 4.79 Å². The molecule has 36 heavy (non-hydrogen) atoms. The second-order valence-electron chi connectivity index (χ2n) is 8.53. The molecule has 0 amide bonds. The van der Waals surface area contributed by atoms with E-state index in [1.807, 2.05) is 0 Å². The van der Waals surface area contributed by atoms with Crippen molar-refractivity contribution in [1.29, 1.82) is 0 Å². The predicted octanol–water partition coefficient (Wildman–Crippen LogP) is 0.881. The van der Waals surface area contributed by atoms with Crippen LogP contribution in [-0.4, -0.2) is 68.0 Å². The van der Waals surface area contributed by atoms with Crippen LogP contribution in [0.5, 0.6) is 11.5 Å². The van der Waals surface area contributed by atoms with Gasteiger partial charge < -0.3 is 39.4 Å². The van der Waals surface area contributed by atoms with Crippen LogP contribution in [0.15, 0.2) is 57.7 Å². The topological polar surface area (TPSA) is 184 Å². The van der Waals surface area contributed by atoms with Crippen LogP contribution in [0, 0.1) is 0 Å². The van der Waals surface area contributed by atoms with E-state index in [9.17, 15) is 39.9 Å². The van der Waals surface area contributed by atoms with Gasteiger partial charge in [-0.1, -0.05) is 30.3 Å². The Bertz CT molecular complexity index is 1330. The van der Waals surface area contributed by atoms with E-state index in [2.05, 4.69) is 0 Å². The molecule has 0 bridgehead atoms. The minimum Gasteiger partial charge on any atom is -0.507 e. The van der Waals surface area contributed by atoms with Crippen LogP contribution in [0.3, 0.4) is 0 Å². The molecule has 11 nitrogen and oxygen atoms in total. The van der Waals surface area contributed by atoms with Gasteiger partial charge in [-0.25, -0.2) is 9.59 Å². The van der Waals surface area contributed by atoms with E-state index < -0.39 is 54.0 Å². The molecule has 6 atom stereocenters. The summed E-state index contributed by atoms with van der Waals surface area (Å²) in [6.07, 6.45) is -9.13. The van der Waals surface area contributed by atoms with Gasteiger partial charge in [-0.05, 0) is 30.7 Å². The first-order chi connectivity index (χ1) is 17.1. The van der Waals surface area contributed by atoms with Crippen molar-refractivity contribution >= 4 is 22.7 Å². The molecule has 4 rings (SSSR count). The highest BCUT2D eigenvalue weighted by molar-refractivity contribution is 5.86. The van der Waals surface area contributed by atoms with Crippen molar-refractivity contribution in [3.8, 4) is 11.5 Å². The predicted molar refractivity (Wildman–Crippen MR) is 123 cm³/mol. The standard InChI is InChI=1S/C25H24O11/c1-11(26)9-14(12-5-3-2-4-6-12)17-18(27)15-10-13(7-8-16(15)35-24(17)33)34-25-21(30)19(28)20(29)22(36-25)23(31)32/h2-8,10,14,19-22,25,27-30H,9H2,1H3,(H,31,32)/t14-,19-,20-,21+,22-,25?/m0/s1. The van der Waals surface area contributed by atoms with Crippen LogP contribution >= 0.6 is 0 Å². The number of aliphatic hydroxyl groups is 3. The monoisotopic (exact) mass is 500 g/mol. The number of benzene rings is 2. The molecular formula is C25H24O11. The highest BCUT2D eigenvalue weighted by Crippen LogP contribution is 2.38. The van der Waals surface area contributed by atoms with Gasteiger partial charge >= 0.3 is 11.6 Å². The van der Waals surface area contributed by atoms with Crippen molar-refractivity contribution in [2.45, 2.75) is 50.0 Å². The van der Waals surface area contributed by atoms with Gasteiger partial charge in [0, 0.05) is 12.3 Å². The number of aliphatic carboxylic acids is 1. The molecular weight excluding hydrogens is 476 g/mol. The number of aromatic hydroxyl groups is 1. The minimum atomic E-state index is -1.88. The summed E-state index contributed by atoms with van der Waals surface area (Å²) in [6, 6.07) is 12.6. The third-order valence-electron chi connectivity index (χ3n) is 5.99. The van der Waals surface area contributed by atoms with Gasteiger partial charge in [-0.15, -0.1) is 0 Å². The molecule has 0 spiro atoms. The summed E-state index contributed by atoms with van der Waals surface area (Å²) in [7, 11) is 0. The molecule has 1 fully saturated rings. The maximum Gasteiger partial charge on any atom is 0.343 e. The van der Waals surface area contributed by atoms with Crippen LogP contribution < -0.4 is 10.4 Å². The Hall–Kier alpha value is -3.77. The van der Waals surface area contributed by atoms with Crippen molar-refractivity contribution in [3.05, 3.63) is 70.1 Å². The van der Waals surface area contributed by atoms with Crippen molar-refractivity contribution in [2.75, 3.05) is 0 Å². The molecule has 2 heterocycles. The second-order valence-corrected chi connectivity index (χ2v) is 8.53. The van der Waals surface area contributed by atoms with E-state index in [1.54, 1.807) is 30.3 Å². The van der Waals surface area contributed by atoms with Crippen LogP contribution in [0.2, 0.25) is 0 Å². The molecule has 3 aromatic rings. The Morgan fingerprint density at radius 1 is 1.03 bits per heavy atom. The van der Waals surface area contributed by atoms with Gasteiger partial charge in [0.05, 0.1) is 10.9 Å². The lowest BCUT2D eigenvalue weighted by Gasteiger charge is -2.38. The van der Waals surface area contributed by atoms with Gasteiger partial charge in [0.2, 0.25) is 6.29 Å². The maximum atomic E-state index is 12.8. The first kappa shape index (κ1) is 25.3. The van der Waals surface area contributed by atoms with E-state index in [0.29, 0.717) is 5.56 Å². The van der Waals surface area contributed by atoms with Crippen LogP contribution in [-0.2, 0) is 14.3 Å². The second kappa shape index (κ2) is 10.1. The lowest BCUT2D eigenvalue weighted by molar-refractivity contribution is -0.271. The summed E-state index contributed by atoms with van der Waals surface area (Å²) in [5, 5.41) is 50.4. The Kier molecular flexibility index (Phi) is 7.09. The average molecular weight is 500 g/mol. The fourth-order valence-corrected chi connectivity index (χ4v) is 4.20. The molecule has 0 aliphatic carbocycles. The Balaban J connectivity index is 1.74. The maximum absolute atomic E-state index is 12.8. The van der Waals surface area contributed by atoms with Gasteiger partial charge in [0.1, 0.15) is 41.2 Å². The molecule has 11 heteroatoms. The molecule has 5 N–H and O–H groups in total. The van der Waals surface area contributed by atoms with Crippen molar-refractivity contribution in [2.24, 2.45) is 0 Å². The van der Waals surface area contributed by atoms with Crippen LogP contribution in [0.4, 0.5) is 0 Å². The average Bonchev–Trinajstić information content (AvgIpc) is 2.84. The summed E-state index contributed by atoms with van der Waals surface area (Å²) < 4.78 is 16.0. The normalized spacial score (nSPS) is 24.8. The Morgan fingerprint density at radius 3 is 2.36 bits per heavy atom. The van der Waals surface area contributed by atoms with Crippen molar-refractivity contribution < 1.29 is 49.0 Å². The number of fused-ring (bicyclic) bond motifs is 1. The van der Waals surface area contributed by atoms with E-state index >= 15 is 0 Å². The van der Waals surface area contributed by atoms with E-state index in [-0.39, 0.29) is 34.5 Å². The third-order valence-corrected chi connectivity index (χ3v) is 5.99. The lowest BCUT2D eigenvalue weighted by atomic mass is 9.87. The number of Topliss-reactive ketones (excluding diaryl/α,β-unsaturated/α-hetero) is 1. The van der Waals surface area contributed by atoms with E-state index in [1.165, 1.54) is 25.1 Å². The number of carbonyl (C=O) groups is 2. The highest BCUT2D eigenvalue weighted by Gasteiger charge is 2.48. The van der Waals surface area contributed by atoms with E-state index in [0.717, 1.165) is 0 Å². The fraction of sp³-hybridized carbons (Fsp3) is 0.320. The molecule has 1 aliphatic heterocycles. The van der Waals surface area contributed by atoms with Crippen LogP contribution in [0.25, 0.3) is 11.0 Å². The van der Waals surface area contributed by atoms with Gasteiger partial charge in [0.25, 0.3) is 0 Å². The van der Waals surface area contributed by atoms with Gasteiger partial charge in [-0.2, -0.15) is 0 Å². The number of ether oxygens (including phenoxy) is 2. The first-order valence-corrected chi connectivity index (χ1v) is 11.0. The lowest BCUT2D eigenvalue weighted by Crippen LogP contribution is -2.61. The summed E-state index contributed by atoms with van der Waals surface area (Å²) >= 11 is 0. The number of rotatable bonds is 7. The number of carbonyl (C=O) groups excluding carboxylic acids is 1. The number of aliphatic hydroxyl groups excluding tert-OH is 3. The molecule has 1 unspecified atom stereocenters. The molecule has 1 saturated heterocycles. The van der Waals surface area contributed by atoms with Crippen molar-refractivity contribution in [3.63, 3.8) is 0 Å². The number of ketones is 1. The largest absolute Gasteiger partial charge is 0.507 e. The fourth-order valence-electron chi connectivity index (χ4n) is 4.20. The Labute approximate surface area is 203 Å². The van der Waals surface area contributed by atoms with Gasteiger partial charge in [0.15, 0.2) is 6.10 Å². The summed E-state index contributed by atoms with van der Waals surface area (Å²) in [5.41, 5.74) is -0.323. The number of hydrogen-bond acceptors (Lipinski definition) is 10. The molecule has 1 aliphatic rings. The third kappa shape index (κ3) is 4.82. The molecule has 1 aromatic heterocycles. The summed E-state index contributed by atoms with van der Waals surface area (Å²) in [4.78, 5) is 36.1. The zero-order chi connectivity index (χ0) is 26.1. The number of carboxylic acid groups (broad SMARTS) is 1. The SMILES string of the molecule is CC(=O)C[C@@H](c1ccccc1)c1c(O)c2cc(OC3O[C@H](C(=O)O)[C@@H](O)[C@H](O)[C@H]3O)ccc2oc1=O. The molecule has 2 aromatic carbocycles. The zero-order valence-electron chi connectivity index (χ0n) is 19.0. The number of carboxylic acids is 1. The molecule has 0 saturated carbocycles. The number of hydrogen-bond donors (Lipinski definition) is 5. The van der Waals surface area contributed by atoms with E-state index in [4.69, 9.17) is 13.9 Å². The quantitative estimate of drug-likeness (QED) is 0.290.